The maximum absolute atomic E-state index is 12.7. The van der Waals surface area contributed by atoms with Gasteiger partial charge in [0, 0.05) is 24.3 Å². The van der Waals surface area contributed by atoms with Gasteiger partial charge in [-0.2, -0.15) is 0 Å². The van der Waals surface area contributed by atoms with Crippen LogP contribution in [0.5, 0.6) is 0 Å². The molecule has 4 rings (SSSR count). The van der Waals surface area contributed by atoms with E-state index in [0.29, 0.717) is 22.5 Å². The number of hydrogen-bond donors (Lipinski definition) is 2. The SMILES string of the molecule is Cc1ccc(NS(=O)(=O)c2ccc(NC(=O)CCN3C(=O)c4ccccc4C3=O)cc2)cc1C. The Morgan fingerprint density at radius 2 is 1.41 bits per heavy atom. The largest absolute Gasteiger partial charge is 0.326 e. The zero-order valence-corrected chi connectivity index (χ0v) is 19.5. The highest BCUT2D eigenvalue weighted by molar-refractivity contribution is 7.92. The molecule has 0 saturated heterocycles. The van der Waals surface area contributed by atoms with Gasteiger partial charge in [-0.05, 0) is 73.5 Å². The third-order valence-electron chi connectivity index (χ3n) is 5.65. The van der Waals surface area contributed by atoms with E-state index in [2.05, 4.69) is 10.0 Å². The van der Waals surface area contributed by atoms with E-state index >= 15 is 0 Å². The van der Waals surface area contributed by atoms with Crippen LogP contribution in [0.1, 0.15) is 38.3 Å². The summed E-state index contributed by atoms with van der Waals surface area (Å²) in [5, 5.41) is 2.66. The van der Waals surface area contributed by atoms with Crippen LogP contribution in [0.2, 0.25) is 0 Å². The predicted molar refractivity (Wildman–Crippen MR) is 128 cm³/mol. The van der Waals surface area contributed by atoms with Gasteiger partial charge in [0.25, 0.3) is 21.8 Å². The molecule has 0 fully saturated rings. The first-order valence-electron chi connectivity index (χ1n) is 10.6. The van der Waals surface area contributed by atoms with E-state index < -0.39 is 27.7 Å². The van der Waals surface area contributed by atoms with Crippen molar-refractivity contribution in [2.75, 3.05) is 16.6 Å². The molecule has 174 valence electrons. The summed E-state index contributed by atoms with van der Waals surface area (Å²) in [4.78, 5) is 38.2. The number of carbonyl (C=O) groups is 3. The van der Waals surface area contributed by atoms with Crippen LogP contribution in [0.25, 0.3) is 0 Å². The summed E-state index contributed by atoms with van der Waals surface area (Å²) >= 11 is 0. The van der Waals surface area contributed by atoms with Crippen molar-refractivity contribution in [2.24, 2.45) is 0 Å². The summed E-state index contributed by atoms with van der Waals surface area (Å²) < 4.78 is 27.9. The second kappa shape index (κ2) is 9.11. The van der Waals surface area contributed by atoms with Gasteiger partial charge in [-0.1, -0.05) is 18.2 Å². The Hall–Kier alpha value is -3.98. The molecule has 3 amide bonds. The van der Waals surface area contributed by atoms with Crippen LogP contribution < -0.4 is 10.0 Å². The van der Waals surface area contributed by atoms with Crippen LogP contribution in [-0.4, -0.2) is 37.6 Å². The minimum Gasteiger partial charge on any atom is -0.326 e. The molecule has 0 spiro atoms. The molecule has 0 unspecified atom stereocenters. The number of carbonyl (C=O) groups excluding carboxylic acids is 3. The fraction of sp³-hybridized carbons (Fsp3) is 0.160. The summed E-state index contributed by atoms with van der Waals surface area (Å²) in [6.07, 6.45) is -0.0835. The maximum atomic E-state index is 12.7. The molecule has 1 heterocycles. The minimum absolute atomic E-state index is 0.0507. The number of aryl methyl sites for hydroxylation is 2. The second-order valence-electron chi connectivity index (χ2n) is 8.03. The fourth-order valence-corrected chi connectivity index (χ4v) is 4.66. The molecule has 0 saturated carbocycles. The van der Waals surface area contributed by atoms with Gasteiger partial charge >= 0.3 is 0 Å². The normalized spacial score (nSPS) is 13.1. The minimum atomic E-state index is -3.79. The van der Waals surface area contributed by atoms with Gasteiger partial charge in [-0.25, -0.2) is 8.42 Å². The summed E-state index contributed by atoms with van der Waals surface area (Å²) in [6.45, 7) is 3.80. The van der Waals surface area contributed by atoms with E-state index in [-0.39, 0.29) is 17.9 Å². The Morgan fingerprint density at radius 3 is 2.00 bits per heavy atom. The number of anilines is 2. The molecule has 0 bridgehead atoms. The van der Waals surface area contributed by atoms with Crippen molar-refractivity contribution in [3.63, 3.8) is 0 Å². The van der Waals surface area contributed by atoms with Gasteiger partial charge in [0.1, 0.15) is 0 Å². The average molecular weight is 478 g/mol. The van der Waals surface area contributed by atoms with Crippen molar-refractivity contribution in [3.8, 4) is 0 Å². The maximum Gasteiger partial charge on any atom is 0.261 e. The second-order valence-corrected chi connectivity index (χ2v) is 9.72. The zero-order valence-electron chi connectivity index (χ0n) is 18.7. The molecule has 0 radical (unpaired) electrons. The molecule has 8 nitrogen and oxygen atoms in total. The number of nitrogens with one attached hydrogen (secondary N) is 2. The summed E-state index contributed by atoms with van der Waals surface area (Å²) in [7, 11) is -3.79. The lowest BCUT2D eigenvalue weighted by Crippen LogP contribution is -2.32. The molecule has 2 N–H and O–H groups in total. The van der Waals surface area contributed by atoms with Gasteiger partial charge in [0.15, 0.2) is 0 Å². The number of fused-ring (bicyclic) bond motifs is 1. The standard InChI is InChI=1S/C25H23N3O5S/c1-16-7-8-19(15-17(16)2)27-34(32,33)20-11-9-18(10-12-20)26-23(29)13-14-28-24(30)21-5-3-4-6-22(21)25(28)31/h3-12,15,27H,13-14H2,1-2H3,(H,26,29). The molecule has 3 aromatic rings. The molecular formula is C25H23N3O5S. The molecule has 3 aromatic carbocycles. The quantitative estimate of drug-likeness (QED) is 0.504. The topological polar surface area (TPSA) is 113 Å². The van der Waals surface area contributed by atoms with Gasteiger partial charge in [0.2, 0.25) is 5.91 Å². The summed E-state index contributed by atoms with van der Waals surface area (Å²) in [5.41, 5.74) is 3.56. The van der Waals surface area contributed by atoms with Gasteiger partial charge in [0.05, 0.1) is 16.0 Å². The molecule has 1 aliphatic heterocycles. The van der Waals surface area contributed by atoms with Crippen molar-refractivity contribution >= 4 is 39.1 Å². The van der Waals surface area contributed by atoms with Crippen molar-refractivity contribution in [3.05, 3.63) is 89.0 Å². The van der Waals surface area contributed by atoms with Crippen LogP contribution in [0.4, 0.5) is 11.4 Å². The Bertz CT molecular complexity index is 1360. The van der Waals surface area contributed by atoms with Crippen LogP contribution in [0.15, 0.2) is 71.6 Å². The van der Waals surface area contributed by atoms with Crippen molar-refractivity contribution < 1.29 is 22.8 Å². The van der Waals surface area contributed by atoms with E-state index in [4.69, 9.17) is 0 Å². The molecule has 1 aliphatic rings. The van der Waals surface area contributed by atoms with E-state index in [9.17, 15) is 22.8 Å². The number of sulfonamides is 1. The molecule has 0 aliphatic carbocycles. The van der Waals surface area contributed by atoms with Crippen LogP contribution in [0.3, 0.4) is 0 Å². The van der Waals surface area contributed by atoms with Crippen LogP contribution in [-0.2, 0) is 14.8 Å². The Labute approximate surface area is 197 Å². The number of imide groups is 1. The van der Waals surface area contributed by atoms with Gasteiger partial charge in [-0.15, -0.1) is 0 Å². The van der Waals surface area contributed by atoms with Crippen molar-refractivity contribution in [1.29, 1.82) is 0 Å². The fourth-order valence-electron chi connectivity index (χ4n) is 3.62. The highest BCUT2D eigenvalue weighted by Crippen LogP contribution is 2.23. The molecule has 9 heteroatoms. The summed E-state index contributed by atoms with van der Waals surface area (Å²) in [6, 6.07) is 17.6. The Balaban J connectivity index is 1.35. The number of nitrogens with zero attached hydrogens (tertiary/aromatic N) is 1. The van der Waals surface area contributed by atoms with Crippen molar-refractivity contribution in [2.45, 2.75) is 25.2 Å². The van der Waals surface area contributed by atoms with E-state index in [1.54, 1.807) is 36.4 Å². The van der Waals surface area contributed by atoms with Crippen LogP contribution >= 0.6 is 0 Å². The predicted octanol–water partition coefficient (Wildman–Crippen LogP) is 3.73. The van der Waals surface area contributed by atoms with Crippen molar-refractivity contribution in [1.82, 2.24) is 4.90 Å². The number of benzene rings is 3. The third-order valence-corrected chi connectivity index (χ3v) is 7.05. The molecule has 0 atom stereocenters. The van der Waals surface area contributed by atoms with Gasteiger partial charge < -0.3 is 5.32 Å². The molecular weight excluding hydrogens is 454 g/mol. The lowest BCUT2D eigenvalue weighted by Gasteiger charge is -2.14. The number of hydrogen-bond acceptors (Lipinski definition) is 5. The van der Waals surface area contributed by atoms with Gasteiger partial charge in [-0.3, -0.25) is 24.0 Å². The lowest BCUT2D eigenvalue weighted by molar-refractivity contribution is -0.116. The zero-order chi connectivity index (χ0) is 24.5. The number of rotatable bonds is 7. The highest BCUT2D eigenvalue weighted by atomic mass is 32.2. The third kappa shape index (κ3) is 4.69. The Morgan fingerprint density at radius 1 is 0.824 bits per heavy atom. The van der Waals surface area contributed by atoms with Crippen LogP contribution in [0, 0.1) is 13.8 Å². The first kappa shape index (κ1) is 23.2. The smallest absolute Gasteiger partial charge is 0.261 e. The van der Waals surface area contributed by atoms with E-state index in [1.807, 2.05) is 19.9 Å². The highest BCUT2D eigenvalue weighted by Gasteiger charge is 2.34. The molecule has 34 heavy (non-hydrogen) atoms. The Kier molecular flexibility index (Phi) is 6.21. The van der Waals surface area contributed by atoms with E-state index in [1.165, 1.54) is 24.3 Å². The first-order chi connectivity index (χ1) is 16.2. The average Bonchev–Trinajstić information content (AvgIpc) is 3.05. The first-order valence-corrected chi connectivity index (χ1v) is 12.1. The lowest BCUT2D eigenvalue weighted by atomic mass is 10.1. The number of amides is 3. The molecule has 0 aromatic heterocycles. The summed E-state index contributed by atoms with van der Waals surface area (Å²) in [5.74, 6) is -1.24. The van der Waals surface area contributed by atoms with E-state index in [0.717, 1.165) is 16.0 Å². The monoisotopic (exact) mass is 477 g/mol.